The van der Waals surface area contributed by atoms with Gasteiger partial charge in [0.05, 0.1) is 20.3 Å². The van der Waals surface area contributed by atoms with E-state index < -0.39 is 13.4 Å². The smallest absolute Gasteiger partial charge is 0.351 e. The predicted molar refractivity (Wildman–Crippen MR) is 76.9 cm³/mol. The van der Waals surface area contributed by atoms with Crippen LogP contribution in [0.3, 0.4) is 0 Å². The summed E-state index contributed by atoms with van der Waals surface area (Å²) in [5.41, 5.74) is 6.64. The second kappa shape index (κ2) is 6.66. The number of ether oxygens (including phenoxy) is 3. The molecule has 0 aromatic heterocycles. The van der Waals surface area contributed by atoms with Crippen LogP contribution in [0.25, 0.3) is 0 Å². The third-order valence-corrected chi connectivity index (χ3v) is 5.20. The van der Waals surface area contributed by atoms with Crippen molar-refractivity contribution < 1.29 is 27.8 Å². The summed E-state index contributed by atoms with van der Waals surface area (Å²) in [4.78, 5) is 0. The highest BCUT2D eigenvalue weighted by atomic mass is 31.2. The van der Waals surface area contributed by atoms with Crippen LogP contribution in [0.5, 0.6) is 17.2 Å². The van der Waals surface area contributed by atoms with Gasteiger partial charge in [0.1, 0.15) is 5.78 Å². The lowest BCUT2D eigenvalue weighted by Crippen LogP contribution is -2.15. The van der Waals surface area contributed by atoms with Crippen LogP contribution in [-0.2, 0) is 13.6 Å². The molecule has 0 unspecified atom stereocenters. The van der Waals surface area contributed by atoms with Crippen molar-refractivity contribution in [3.8, 4) is 17.2 Å². The lowest BCUT2D eigenvalue weighted by atomic mass is 10.2. The Labute approximate surface area is 123 Å². The summed E-state index contributed by atoms with van der Waals surface area (Å²) in [5.74, 6) is 0.547. The number of fused-ring (bicyclic) bond motifs is 1. The SMILES string of the molecule is CCOP(=O)(OCC)[C@H](N)c1cc(OC)c2c(c1)OCO2. The number of nitrogens with two attached hydrogens (primary N) is 1. The van der Waals surface area contributed by atoms with E-state index in [-0.39, 0.29) is 20.0 Å². The van der Waals surface area contributed by atoms with E-state index in [9.17, 15) is 4.57 Å². The lowest BCUT2D eigenvalue weighted by Gasteiger charge is -2.23. The fourth-order valence-corrected chi connectivity index (χ4v) is 3.69. The number of hydrogen-bond acceptors (Lipinski definition) is 7. The molecule has 1 aromatic rings. The normalized spacial score (nSPS) is 15.0. The van der Waals surface area contributed by atoms with E-state index >= 15 is 0 Å². The fourth-order valence-electron chi connectivity index (χ4n) is 2.06. The molecule has 0 fully saturated rings. The van der Waals surface area contributed by atoms with Crippen LogP contribution in [0.4, 0.5) is 0 Å². The van der Waals surface area contributed by atoms with Gasteiger partial charge in [-0.15, -0.1) is 0 Å². The molecule has 0 spiro atoms. The predicted octanol–water partition coefficient (Wildman–Crippen LogP) is 2.65. The van der Waals surface area contributed by atoms with E-state index in [0.29, 0.717) is 22.8 Å². The van der Waals surface area contributed by atoms with E-state index in [1.54, 1.807) is 26.0 Å². The van der Waals surface area contributed by atoms with Gasteiger partial charge in [0.2, 0.25) is 12.5 Å². The van der Waals surface area contributed by atoms with Crippen molar-refractivity contribution in [2.24, 2.45) is 5.73 Å². The zero-order valence-corrected chi connectivity index (χ0v) is 13.2. The van der Waals surface area contributed by atoms with Crippen LogP contribution >= 0.6 is 7.60 Å². The molecule has 2 N–H and O–H groups in total. The van der Waals surface area contributed by atoms with Crippen LogP contribution < -0.4 is 19.9 Å². The Morgan fingerprint density at radius 3 is 2.52 bits per heavy atom. The average molecular weight is 317 g/mol. The molecule has 8 heteroatoms. The maximum atomic E-state index is 12.7. The van der Waals surface area contributed by atoms with Crippen molar-refractivity contribution in [3.63, 3.8) is 0 Å². The molecule has 1 aromatic carbocycles. The quantitative estimate of drug-likeness (QED) is 0.773. The van der Waals surface area contributed by atoms with Gasteiger partial charge in [-0.05, 0) is 31.5 Å². The Balaban J connectivity index is 2.38. The minimum absolute atomic E-state index is 0.110. The summed E-state index contributed by atoms with van der Waals surface area (Å²) in [6.07, 6.45) is 0. The molecule has 1 atom stereocenters. The first-order valence-electron chi connectivity index (χ1n) is 6.67. The minimum atomic E-state index is -3.46. The molecule has 0 bridgehead atoms. The molecule has 0 saturated carbocycles. The molecule has 2 rings (SSSR count). The lowest BCUT2D eigenvalue weighted by molar-refractivity contribution is 0.171. The third-order valence-electron chi connectivity index (χ3n) is 2.98. The molecule has 7 nitrogen and oxygen atoms in total. The van der Waals surface area contributed by atoms with Gasteiger partial charge in [0, 0.05) is 0 Å². The van der Waals surface area contributed by atoms with E-state index in [4.69, 9.17) is 29.0 Å². The zero-order valence-electron chi connectivity index (χ0n) is 12.3. The standard InChI is InChI=1S/C13H20NO6P/c1-4-19-21(15,20-5-2)13(14)9-6-10(16-3)12-11(7-9)17-8-18-12/h6-7,13H,4-5,8,14H2,1-3H3/t13-/m0/s1. The molecule has 0 aliphatic carbocycles. The van der Waals surface area contributed by atoms with Crippen LogP contribution in [0.1, 0.15) is 25.2 Å². The monoisotopic (exact) mass is 317 g/mol. The van der Waals surface area contributed by atoms with Crippen molar-refractivity contribution in [2.75, 3.05) is 27.1 Å². The van der Waals surface area contributed by atoms with Crippen LogP contribution in [-0.4, -0.2) is 27.1 Å². The molecular weight excluding hydrogens is 297 g/mol. The van der Waals surface area contributed by atoms with Crippen LogP contribution in [0, 0.1) is 0 Å². The maximum Gasteiger partial charge on any atom is 0.351 e. The third kappa shape index (κ3) is 3.16. The molecule has 21 heavy (non-hydrogen) atoms. The first-order valence-corrected chi connectivity index (χ1v) is 8.28. The van der Waals surface area contributed by atoms with Crippen molar-refractivity contribution in [1.29, 1.82) is 0 Å². The van der Waals surface area contributed by atoms with Crippen LogP contribution in [0.15, 0.2) is 12.1 Å². The Bertz CT molecular complexity index is 540. The van der Waals surface area contributed by atoms with Crippen molar-refractivity contribution in [2.45, 2.75) is 19.6 Å². The number of rotatable bonds is 7. The topological polar surface area (TPSA) is 89.2 Å². The van der Waals surface area contributed by atoms with Crippen LogP contribution in [0.2, 0.25) is 0 Å². The highest BCUT2D eigenvalue weighted by molar-refractivity contribution is 7.54. The highest BCUT2D eigenvalue weighted by Crippen LogP contribution is 2.59. The Kier molecular flexibility index (Phi) is 5.11. The zero-order chi connectivity index (χ0) is 15.5. The Hall–Kier alpha value is -1.27. The molecule has 0 amide bonds. The van der Waals surface area contributed by atoms with E-state index in [1.807, 2.05) is 0 Å². The summed E-state index contributed by atoms with van der Waals surface area (Å²) in [6, 6.07) is 3.32. The summed E-state index contributed by atoms with van der Waals surface area (Å²) >= 11 is 0. The van der Waals surface area contributed by atoms with Gasteiger partial charge >= 0.3 is 7.60 Å². The number of hydrogen-bond donors (Lipinski definition) is 1. The van der Waals surface area contributed by atoms with Gasteiger partial charge in [-0.3, -0.25) is 4.57 Å². The van der Waals surface area contributed by atoms with Gasteiger partial charge in [-0.2, -0.15) is 0 Å². The minimum Gasteiger partial charge on any atom is -0.493 e. The first kappa shape index (κ1) is 16.1. The van der Waals surface area contributed by atoms with Gasteiger partial charge in [-0.1, -0.05) is 0 Å². The molecule has 1 heterocycles. The Morgan fingerprint density at radius 1 is 1.29 bits per heavy atom. The van der Waals surface area contributed by atoms with E-state index in [0.717, 1.165) is 0 Å². The highest BCUT2D eigenvalue weighted by Gasteiger charge is 2.35. The summed E-state index contributed by atoms with van der Waals surface area (Å²) in [7, 11) is -1.95. The molecule has 118 valence electrons. The Morgan fingerprint density at radius 2 is 1.95 bits per heavy atom. The van der Waals surface area contributed by atoms with Gasteiger partial charge in [0.25, 0.3) is 0 Å². The van der Waals surface area contributed by atoms with E-state index in [1.165, 1.54) is 7.11 Å². The van der Waals surface area contributed by atoms with Gasteiger partial charge in [0.15, 0.2) is 11.5 Å². The van der Waals surface area contributed by atoms with Crippen molar-refractivity contribution in [1.82, 2.24) is 0 Å². The summed E-state index contributed by atoms with van der Waals surface area (Å²) < 4.78 is 39.2. The summed E-state index contributed by atoms with van der Waals surface area (Å²) in [5, 5.41) is 0. The largest absolute Gasteiger partial charge is 0.493 e. The molecule has 1 aliphatic heterocycles. The fraction of sp³-hybridized carbons (Fsp3) is 0.538. The second-order valence-corrected chi connectivity index (χ2v) is 6.43. The van der Waals surface area contributed by atoms with Crippen molar-refractivity contribution in [3.05, 3.63) is 17.7 Å². The first-order chi connectivity index (χ1) is 10.1. The second-order valence-electron chi connectivity index (χ2n) is 4.28. The maximum absolute atomic E-state index is 12.7. The molecule has 1 aliphatic rings. The number of benzene rings is 1. The van der Waals surface area contributed by atoms with Gasteiger partial charge < -0.3 is 29.0 Å². The molecule has 0 radical (unpaired) electrons. The molecular formula is C13H20NO6P. The molecule has 0 saturated heterocycles. The van der Waals surface area contributed by atoms with Crippen molar-refractivity contribution >= 4 is 7.60 Å². The number of methoxy groups -OCH3 is 1. The van der Waals surface area contributed by atoms with Gasteiger partial charge in [-0.25, -0.2) is 0 Å². The van der Waals surface area contributed by atoms with E-state index in [2.05, 4.69) is 0 Å². The average Bonchev–Trinajstić information content (AvgIpc) is 2.94. The summed E-state index contributed by atoms with van der Waals surface area (Å²) in [6.45, 7) is 4.07.